The van der Waals surface area contributed by atoms with Gasteiger partial charge in [-0.15, -0.1) is 0 Å². The molecule has 2 atom stereocenters. The van der Waals surface area contributed by atoms with Crippen molar-refractivity contribution in [3.63, 3.8) is 0 Å². The van der Waals surface area contributed by atoms with Gasteiger partial charge in [0.1, 0.15) is 0 Å². The van der Waals surface area contributed by atoms with Crippen LogP contribution in [0.15, 0.2) is 22.8 Å². The molecule has 0 radical (unpaired) electrons. The van der Waals surface area contributed by atoms with Crippen LogP contribution in [-0.2, 0) is 4.74 Å². The normalized spacial score (nSPS) is 24.3. The third-order valence-corrected chi connectivity index (χ3v) is 3.18. The van der Waals surface area contributed by atoms with Gasteiger partial charge in [0.25, 0.3) is 5.91 Å². The molecule has 19 heavy (non-hydrogen) atoms. The molecule has 1 aliphatic heterocycles. The summed E-state index contributed by atoms with van der Waals surface area (Å²) >= 11 is 0. The maximum Gasteiger partial charge on any atom is 0.286 e. The zero-order valence-corrected chi connectivity index (χ0v) is 11.6. The highest BCUT2D eigenvalue weighted by Gasteiger charge is 2.21. The van der Waals surface area contributed by atoms with E-state index in [1.807, 2.05) is 0 Å². The van der Waals surface area contributed by atoms with E-state index >= 15 is 0 Å². The maximum atomic E-state index is 11.6. The molecule has 1 N–H and O–H groups in total. The van der Waals surface area contributed by atoms with Crippen LogP contribution >= 0.6 is 0 Å². The molecule has 1 fully saturated rings. The van der Waals surface area contributed by atoms with Crippen molar-refractivity contribution in [2.24, 2.45) is 0 Å². The molecule has 106 valence electrons. The van der Waals surface area contributed by atoms with Crippen molar-refractivity contribution in [1.29, 1.82) is 0 Å². The quantitative estimate of drug-likeness (QED) is 0.821. The second-order valence-corrected chi connectivity index (χ2v) is 5.10. The third kappa shape index (κ3) is 4.36. The predicted molar refractivity (Wildman–Crippen MR) is 72.1 cm³/mol. The molecule has 2 rings (SSSR count). The Labute approximate surface area is 113 Å². The summed E-state index contributed by atoms with van der Waals surface area (Å²) in [4.78, 5) is 14.0. The first kappa shape index (κ1) is 14.1. The minimum atomic E-state index is -0.145. The zero-order valence-electron chi connectivity index (χ0n) is 11.6. The molecule has 0 spiro atoms. The number of amides is 1. The molecule has 0 bridgehead atoms. The maximum absolute atomic E-state index is 11.6. The highest BCUT2D eigenvalue weighted by Crippen LogP contribution is 2.10. The number of furan rings is 1. The van der Waals surface area contributed by atoms with Gasteiger partial charge in [-0.2, -0.15) is 0 Å². The van der Waals surface area contributed by atoms with Gasteiger partial charge in [0.15, 0.2) is 5.76 Å². The van der Waals surface area contributed by atoms with Crippen LogP contribution in [0, 0.1) is 0 Å². The number of ether oxygens (including phenoxy) is 1. The Morgan fingerprint density at radius 2 is 2.16 bits per heavy atom. The summed E-state index contributed by atoms with van der Waals surface area (Å²) in [6, 6.07) is 3.38. The van der Waals surface area contributed by atoms with Gasteiger partial charge in [-0.3, -0.25) is 9.69 Å². The number of nitrogens with one attached hydrogen (secondary N) is 1. The minimum absolute atomic E-state index is 0.145. The monoisotopic (exact) mass is 266 g/mol. The summed E-state index contributed by atoms with van der Waals surface area (Å²) in [7, 11) is 0. The smallest absolute Gasteiger partial charge is 0.286 e. The Hall–Kier alpha value is -1.33. The van der Waals surface area contributed by atoms with Crippen molar-refractivity contribution in [3.05, 3.63) is 24.2 Å². The molecule has 5 heteroatoms. The fraction of sp³-hybridized carbons (Fsp3) is 0.643. The average molecular weight is 266 g/mol. The lowest BCUT2D eigenvalue weighted by Gasteiger charge is -2.35. The lowest BCUT2D eigenvalue weighted by atomic mass is 10.2. The molecule has 5 nitrogen and oxygen atoms in total. The molecule has 0 aliphatic carbocycles. The number of hydrogen-bond acceptors (Lipinski definition) is 4. The molecular weight excluding hydrogens is 244 g/mol. The van der Waals surface area contributed by atoms with Crippen molar-refractivity contribution < 1.29 is 13.9 Å². The summed E-state index contributed by atoms with van der Waals surface area (Å²) in [5.74, 6) is 0.224. The first-order valence-corrected chi connectivity index (χ1v) is 6.84. The number of carbonyl (C=O) groups excluding carboxylic acids is 1. The van der Waals surface area contributed by atoms with E-state index in [2.05, 4.69) is 24.1 Å². The van der Waals surface area contributed by atoms with Gasteiger partial charge >= 0.3 is 0 Å². The van der Waals surface area contributed by atoms with Gasteiger partial charge in [0.2, 0.25) is 0 Å². The summed E-state index contributed by atoms with van der Waals surface area (Å²) in [6.45, 7) is 7.78. The molecule has 0 aromatic carbocycles. The summed E-state index contributed by atoms with van der Waals surface area (Å²) in [5, 5.41) is 2.86. The molecular formula is C14H22N2O3. The van der Waals surface area contributed by atoms with Crippen LogP contribution in [0.5, 0.6) is 0 Å². The van der Waals surface area contributed by atoms with E-state index in [-0.39, 0.29) is 5.91 Å². The Bertz CT molecular complexity index is 381. The van der Waals surface area contributed by atoms with Crippen molar-refractivity contribution in [2.45, 2.75) is 32.5 Å². The van der Waals surface area contributed by atoms with E-state index in [1.165, 1.54) is 6.26 Å². The van der Waals surface area contributed by atoms with Crippen LogP contribution in [0.4, 0.5) is 0 Å². The van der Waals surface area contributed by atoms with Gasteiger partial charge in [-0.1, -0.05) is 0 Å². The summed E-state index contributed by atoms with van der Waals surface area (Å²) < 4.78 is 10.7. The van der Waals surface area contributed by atoms with Crippen molar-refractivity contribution in [1.82, 2.24) is 10.2 Å². The second-order valence-electron chi connectivity index (χ2n) is 5.10. The molecule has 1 aromatic rings. The minimum Gasteiger partial charge on any atom is -0.459 e. The van der Waals surface area contributed by atoms with Crippen LogP contribution in [0.3, 0.4) is 0 Å². The van der Waals surface area contributed by atoms with E-state index in [4.69, 9.17) is 9.15 Å². The Morgan fingerprint density at radius 1 is 1.42 bits per heavy atom. The number of carbonyl (C=O) groups is 1. The van der Waals surface area contributed by atoms with Gasteiger partial charge in [0, 0.05) is 26.2 Å². The van der Waals surface area contributed by atoms with Crippen LogP contribution in [0.2, 0.25) is 0 Å². The van der Waals surface area contributed by atoms with Crippen molar-refractivity contribution >= 4 is 5.91 Å². The molecule has 2 heterocycles. The second kappa shape index (κ2) is 6.73. The first-order chi connectivity index (χ1) is 9.15. The van der Waals surface area contributed by atoms with Crippen molar-refractivity contribution in [2.75, 3.05) is 26.2 Å². The van der Waals surface area contributed by atoms with Crippen LogP contribution in [0.25, 0.3) is 0 Å². The third-order valence-electron chi connectivity index (χ3n) is 3.18. The largest absolute Gasteiger partial charge is 0.459 e. The van der Waals surface area contributed by atoms with E-state index in [1.54, 1.807) is 12.1 Å². The van der Waals surface area contributed by atoms with E-state index in [0.717, 1.165) is 26.1 Å². The fourth-order valence-corrected chi connectivity index (χ4v) is 2.47. The molecule has 1 aromatic heterocycles. The highest BCUT2D eigenvalue weighted by molar-refractivity contribution is 5.91. The van der Waals surface area contributed by atoms with Gasteiger partial charge in [-0.05, 0) is 32.4 Å². The zero-order chi connectivity index (χ0) is 13.7. The van der Waals surface area contributed by atoms with Crippen LogP contribution < -0.4 is 5.32 Å². The topological polar surface area (TPSA) is 54.7 Å². The lowest BCUT2D eigenvalue weighted by Crippen LogP contribution is -2.46. The van der Waals surface area contributed by atoms with Crippen molar-refractivity contribution in [3.8, 4) is 0 Å². The molecule has 0 unspecified atom stereocenters. The number of nitrogens with zero attached hydrogens (tertiary/aromatic N) is 1. The average Bonchev–Trinajstić information content (AvgIpc) is 2.87. The summed E-state index contributed by atoms with van der Waals surface area (Å²) in [6.07, 6.45) is 3.03. The van der Waals surface area contributed by atoms with Crippen LogP contribution in [0.1, 0.15) is 30.8 Å². The molecule has 1 saturated heterocycles. The summed E-state index contributed by atoms with van der Waals surface area (Å²) in [5.41, 5.74) is 0. The Kier molecular flexibility index (Phi) is 4.99. The van der Waals surface area contributed by atoms with E-state index in [0.29, 0.717) is 24.5 Å². The molecule has 0 saturated carbocycles. The highest BCUT2D eigenvalue weighted by atomic mass is 16.5. The van der Waals surface area contributed by atoms with E-state index < -0.39 is 0 Å². The van der Waals surface area contributed by atoms with Gasteiger partial charge in [-0.25, -0.2) is 0 Å². The fourth-order valence-electron chi connectivity index (χ4n) is 2.47. The molecule has 1 aliphatic rings. The van der Waals surface area contributed by atoms with Gasteiger partial charge < -0.3 is 14.5 Å². The Morgan fingerprint density at radius 3 is 2.79 bits per heavy atom. The SMILES string of the molecule is C[C@H]1CN(CCCNC(=O)c2ccco2)C[C@H](C)O1. The van der Waals surface area contributed by atoms with Crippen LogP contribution in [-0.4, -0.2) is 49.2 Å². The number of hydrogen-bond donors (Lipinski definition) is 1. The standard InChI is InChI=1S/C14H22N2O3/c1-11-9-16(10-12(2)19-11)7-4-6-15-14(17)13-5-3-8-18-13/h3,5,8,11-12H,4,6-7,9-10H2,1-2H3,(H,15,17)/t11-,12-/m0/s1. The molecule has 1 amide bonds. The first-order valence-electron chi connectivity index (χ1n) is 6.84. The lowest BCUT2D eigenvalue weighted by molar-refractivity contribution is -0.0680. The van der Waals surface area contributed by atoms with E-state index in [9.17, 15) is 4.79 Å². The number of morpholine rings is 1. The Balaban J connectivity index is 1.63. The van der Waals surface area contributed by atoms with Gasteiger partial charge in [0.05, 0.1) is 18.5 Å². The number of rotatable bonds is 5. The predicted octanol–water partition coefficient (Wildman–Crippen LogP) is 1.51.